The second-order valence-corrected chi connectivity index (χ2v) is 6.73. The van der Waals surface area contributed by atoms with Crippen LogP contribution in [0, 0.1) is 0 Å². The number of carbonyl (C=O) groups excluding carboxylic acids is 1. The number of carbonyl (C=O) groups is 2. The van der Waals surface area contributed by atoms with E-state index in [1.165, 1.54) is 12.2 Å². The number of halogens is 3. The summed E-state index contributed by atoms with van der Waals surface area (Å²) in [6.45, 7) is 11.1. The van der Waals surface area contributed by atoms with Gasteiger partial charge in [-0.05, 0) is 50.8 Å². The predicted octanol–water partition coefficient (Wildman–Crippen LogP) is 6.09. The van der Waals surface area contributed by atoms with Gasteiger partial charge in [0, 0.05) is 20.1 Å². The zero-order valence-electron chi connectivity index (χ0n) is 22.0. The Morgan fingerprint density at radius 3 is 1.97 bits per heavy atom. The summed E-state index contributed by atoms with van der Waals surface area (Å²) in [6.07, 6.45) is -0.141. The number of aryl methyl sites for hydroxylation is 1. The van der Waals surface area contributed by atoms with Crippen LogP contribution in [0.25, 0.3) is 0 Å². The molecule has 9 heteroatoms. The highest BCUT2D eigenvalue weighted by Gasteiger charge is 2.31. The van der Waals surface area contributed by atoms with Crippen LogP contribution < -0.4 is 10.1 Å². The van der Waals surface area contributed by atoms with Gasteiger partial charge in [-0.1, -0.05) is 57.6 Å². The number of rotatable bonds is 9. The minimum absolute atomic E-state index is 0.0228. The zero-order valence-corrected chi connectivity index (χ0v) is 22.0. The van der Waals surface area contributed by atoms with E-state index in [-0.39, 0.29) is 25.5 Å². The molecule has 1 amide bonds. The SMILES string of the molecule is CC.CC/C=C(\C=C(\C)CC)C(F)(F)F.CCO.CNC(=O)COc1ccc(CCC(=O)O)cc1. The molecule has 0 atom stereocenters. The first-order valence-electron chi connectivity index (χ1n) is 11.6. The van der Waals surface area contributed by atoms with Gasteiger partial charge in [-0.15, -0.1) is 0 Å². The summed E-state index contributed by atoms with van der Waals surface area (Å²) in [6, 6.07) is 7.03. The van der Waals surface area contributed by atoms with Gasteiger partial charge in [0.2, 0.25) is 0 Å². The van der Waals surface area contributed by atoms with Crippen LogP contribution in [0.15, 0.2) is 47.6 Å². The summed E-state index contributed by atoms with van der Waals surface area (Å²) in [4.78, 5) is 21.3. The lowest BCUT2D eigenvalue weighted by Gasteiger charge is -2.08. The number of carboxylic acid groups (broad SMARTS) is 1. The molecule has 0 aliphatic heterocycles. The standard InChI is InChI=1S/C12H15NO4.C10H15F3.C2H6O.C2H6/c1-13-11(14)8-17-10-5-2-9(3-6-10)4-7-12(15)16;1-4-6-9(10(11,12)13)7-8(3)5-2;1-2-3;1-2/h2-3,5-6H,4,7-8H2,1H3,(H,13,14)(H,15,16);6-7H,4-5H2,1-3H3;3H,2H2,1H3;1-2H3/b;8-7-,9-6+;;. The molecule has 0 saturated carbocycles. The molecule has 1 aromatic carbocycles. The summed E-state index contributed by atoms with van der Waals surface area (Å²) in [5.41, 5.74) is 1.14. The molecular weight excluding hydrogens is 463 g/mol. The summed E-state index contributed by atoms with van der Waals surface area (Å²) >= 11 is 0. The Hall–Kier alpha value is -2.81. The smallest absolute Gasteiger partial charge is 0.416 e. The molecule has 0 saturated heterocycles. The van der Waals surface area contributed by atoms with Crippen LogP contribution in [-0.4, -0.2) is 48.5 Å². The average Bonchev–Trinajstić information content (AvgIpc) is 2.83. The van der Waals surface area contributed by atoms with Crippen LogP contribution in [0.3, 0.4) is 0 Å². The highest BCUT2D eigenvalue weighted by atomic mass is 19.4. The van der Waals surface area contributed by atoms with E-state index in [1.54, 1.807) is 52.1 Å². The number of amides is 1. The molecule has 0 bridgehead atoms. The maximum Gasteiger partial charge on any atom is 0.416 e. The minimum atomic E-state index is -4.22. The Labute approximate surface area is 207 Å². The quantitative estimate of drug-likeness (QED) is 0.353. The van der Waals surface area contributed by atoms with Gasteiger partial charge < -0.3 is 20.3 Å². The van der Waals surface area contributed by atoms with E-state index in [0.29, 0.717) is 25.0 Å². The number of hydrogen-bond donors (Lipinski definition) is 3. The van der Waals surface area contributed by atoms with Crippen molar-refractivity contribution in [1.82, 2.24) is 5.32 Å². The first-order chi connectivity index (χ1) is 16.4. The van der Waals surface area contributed by atoms with Gasteiger partial charge in [-0.3, -0.25) is 9.59 Å². The molecule has 0 fully saturated rings. The summed E-state index contributed by atoms with van der Waals surface area (Å²) in [7, 11) is 1.54. The molecule has 202 valence electrons. The Morgan fingerprint density at radius 1 is 1.09 bits per heavy atom. The topological polar surface area (TPSA) is 95.9 Å². The van der Waals surface area contributed by atoms with Gasteiger partial charge >= 0.3 is 12.1 Å². The van der Waals surface area contributed by atoms with Crippen LogP contribution in [0.1, 0.15) is 66.4 Å². The minimum Gasteiger partial charge on any atom is -0.484 e. The Balaban J connectivity index is -0.000000506. The largest absolute Gasteiger partial charge is 0.484 e. The number of aliphatic carboxylic acids is 1. The van der Waals surface area contributed by atoms with Crippen molar-refractivity contribution in [2.75, 3.05) is 20.3 Å². The fourth-order valence-corrected chi connectivity index (χ4v) is 2.07. The first-order valence-corrected chi connectivity index (χ1v) is 11.6. The predicted molar refractivity (Wildman–Crippen MR) is 135 cm³/mol. The normalized spacial score (nSPS) is 10.9. The van der Waals surface area contributed by atoms with Crippen molar-refractivity contribution >= 4 is 11.9 Å². The monoisotopic (exact) mass is 505 g/mol. The summed E-state index contributed by atoms with van der Waals surface area (Å²) < 4.78 is 42.1. The molecule has 0 aliphatic rings. The molecule has 0 unspecified atom stereocenters. The fourth-order valence-electron chi connectivity index (χ4n) is 2.07. The number of aliphatic hydroxyl groups is 1. The molecule has 1 rings (SSSR count). The van der Waals surface area contributed by atoms with Crippen molar-refractivity contribution in [2.45, 2.75) is 73.4 Å². The molecule has 1 aromatic rings. The van der Waals surface area contributed by atoms with Crippen LogP contribution in [0.4, 0.5) is 13.2 Å². The Kier molecular flexibility index (Phi) is 24.1. The number of benzene rings is 1. The average molecular weight is 506 g/mol. The number of nitrogens with one attached hydrogen (secondary N) is 1. The van der Waals surface area contributed by atoms with Gasteiger partial charge in [0.1, 0.15) is 5.75 Å². The van der Waals surface area contributed by atoms with Crippen LogP contribution in [-0.2, 0) is 16.0 Å². The second-order valence-electron chi connectivity index (χ2n) is 6.73. The van der Waals surface area contributed by atoms with Crippen molar-refractivity contribution < 1.29 is 37.7 Å². The van der Waals surface area contributed by atoms with Crippen molar-refractivity contribution in [3.05, 3.63) is 53.1 Å². The molecule has 35 heavy (non-hydrogen) atoms. The fraction of sp³-hybridized carbons (Fsp3) is 0.538. The number of carboxylic acids is 1. The van der Waals surface area contributed by atoms with Crippen LogP contribution >= 0.6 is 0 Å². The van der Waals surface area contributed by atoms with Crippen molar-refractivity contribution in [1.29, 1.82) is 0 Å². The second kappa shape index (κ2) is 23.0. The van der Waals surface area contributed by atoms with E-state index in [0.717, 1.165) is 11.1 Å². The van der Waals surface area contributed by atoms with Crippen molar-refractivity contribution in [3.8, 4) is 5.75 Å². The number of ether oxygens (including phenoxy) is 1. The number of aliphatic hydroxyl groups excluding tert-OH is 1. The Bertz CT molecular complexity index is 742. The number of hydrogen-bond acceptors (Lipinski definition) is 4. The lowest BCUT2D eigenvalue weighted by atomic mass is 10.1. The molecule has 0 aromatic heterocycles. The van der Waals surface area contributed by atoms with E-state index in [9.17, 15) is 22.8 Å². The number of alkyl halides is 3. The number of likely N-dealkylation sites (N-methyl/N-ethyl adjacent to an activating group) is 1. The first kappa shape index (κ1) is 36.8. The molecule has 6 nitrogen and oxygen atoms in total. The van der Waals surface area contributed by atoms with E-state index in [1.807, 2.05) is 20.8 Å². The lowest BCUT2D eigenvalue weighted by molar-refractivity contribution is -0.137. The molecular formula is C26H42F3NO5. The molecule has 0 radical (unpaired) electrons. The van der Waals surface area contributed by atoms with E-state index in [2.05, 4.69) is 5.32 Å². The molecule has 3 N–H and O–H groups in total. The number of allylic oxidation sites excluding steroid dienone is 4. The Morgan fingerprint density at radius 2 is 1.60 bits per heavy atom. The van der Waals surface area contributed by atoms with E-state index < -0.39 is 17.7 Å². The highest BCUT2D eigenvalue weighted by molar-refractivity contribution is 5.77. The van der Waals surface area contributed by atoms with E-state index >= 15 is 0 Å². The zero-order chi connectivity index (χ0) is 27.9. The van der Waals surface area contributed by atoms with Gasteiger partial charge in [0.25, 0.3) is 5.91 Å². The summed E-state index contributed by atoms with van der Waals surface area (Å²) in [5.74, 6) is -0.419. The van der Waals surface area contributed by atoms with Gasteiger partial charge in [0.05, 0.1) is 5.57 Å². The van der Waals surface area contributed by atoms with Crippen LogP contribution in [0.2, 0.25) is 0 Å². The molecule has 0 spiro atoms. The van der Waals surface area contributed by atoms with Crippen LogP contribution in [0.5, 0.6) is 5.75 Å². The maximum atomic E-state index is 12.3. The molecule has 0 heterocycles. The maximum absolute atomic E-state index is 12.3. The molecule has 0 aliphatic carbocycles. The third-order valence-corrected chi connectivity index (χ3v) is 3.91. The third kappa shape index (κ3) is 22.7. The van der Waals surface area contributed by atoms with Gasteiger partial charge in [-0.25, -0.2) is 0 Å². The lowest BCUT2D eigenvalue weighted by Crippen LogP contribution is -2.24. The third-order valence-electron chi connectivity index (χ3n) is 3.91. The van der Waals surface area contributed by atoms with Crippen molar-refractivity contribution in [3.63, 3.8) is 0 Å². The highest BCUT2D eigenvalue weighted by Crippen LogP contribution is 2.28. The van der Waals surface area contributed by atoms with Gasteiger partial charge in [-0.2, -0.15) is 13.2 Å². The van der Waals surface area contributed by atoms with E-state index in [4.69, 9.17) is 14.9 Å². The van der Waals surface area contributed by atoms with Crippen molar-refractivity contribution in [2.24, 2.45) is 0 Å². The summed E-state index contributed by atoms with van der Waals surface area (Å²) in [5, 5.41) is 18.6. The van der Waals surface area contributed by atoms with Gasteiger partial charge in [0.15, 0.2) is 6.61 Å².